The summed E-state index contributed by atoms with van der Waals surface area (Å²) in [7, 11) is 1.61. The number of hydrogen-bond acceptors (Lipinski definition) is 5. The number of nitrogens with two attached hydrogens (primary N) is 1. The van der Waals surface area contributed by atoms with Crippen molar-refractivity contribution in [3.05, 3.63) is 18.3 Å². The Bertz CT molecular complexity index is 695. The first-order chi connectivity index (χ1) is 10.6. The average Bonchev–Trinajstić information content (AvgIpc) is 2.89. The van der Waals surface area contributed by atoms with E-state index in [9.17, 15) is 4.79 Å². The Hall–Kier alpha value is -2.28. The summed E-state index contributed by atoms with van der Waals surface area (Å²) in [4.78, 5) is 11.5. The maximum absolute atomic E-state index is 11.5. The fourth-order valence-corrected chi connectivity index (χ4v) is 2.56. The molecule has 2 heterocycles. The second-order valence-corrected chi connectivity index (χ2v) is 5.56. The van der Waals surface area contributed by atoms with Gasteiger partial charge in [0.2, 0.25) is 5.91 Å². The van der Waals surface area contributed by atoms with Gasteiger partial charge in [0.1, 0.15) is 18.2 Å². The summed E-state index contributed by atoms with van der Waals surface area (Å²) >= 11 is 0. The van der Waals surface area contributed by atoms with E-state index in [0.29, 0.717) is 24.7 Å². The summed E-state index contributed by atoms with van der Waals surface area (Å²) in [6.07, 6.45) is 1.73. The number of fused-ring (bicyclic) bond motifs is 3. The number of carbonyl (C=O) groups is 1. The third kappa shape index (κ3) is 2.71. The van der Waals surface area contributed by atoms with Crippen LogP contribution in [0.15, 0.2) is 18.3 Å². The molecule has 0 bridgehead atoms. The van der Waals surface area contributed by atoms with E-state index in [1.165, 1.54) is 0 Å². The van der Waals surface area contributed by atoms with Crippen molar-refractivity contribution in [1.29, 1.82) is 0 Å². The van der Waals surface area contributed by atoms with E-state index < -0.39 is 0 Å². The quantitative estimate of drug-likeness (QED) is 0.866. The van der Waals surface area contributed by atoms with Gasteiger partial charge < -0.3 is 20.5 Å². The molecule has 0 aliphatic carbocycles. The number of nitrogens with one attached hydrogen (secondary N) is 1. The van der Waals surface area contributed by atoms with Gasteiger partial charge in [-0.2, -0.15) is 5.10 Å². The average molecular weight is 304 g/mol. The van der Waals surface area contributed by atoms with Crippen LogP contribution in [0, 0.1) is 0 Å². The highest BCUT2D eigenvalue weighted by atomic mass is 16.6. The third-order valence-electron chi connectivity index (χ3n) is 3.58. The molecule has 0 saturated heterocycles. The maximum atomic E-state index is 11.5. The van der Waals surface area contributed by atoms with Crippen molar-refractivity contribution >= 4 is 16.8 Å². The Morgan fingerprint density at radius 2 is 2.41 bits per heavy atom. The molecule has 2 atom stereocenters. The van der Waals surface area contributed by atoms with Crippen molar-refractivity contribution < 1.29 is 14.3 Å². The summed E-state index contributed by atoms with van der Waals surface area (Å²) in [5, 5.41) is 7.93. The van der Waals surface area contributed by atoms with Crippen LogP contribution in [0.25, 0.3) is 10.9 Å². The molecule has 3 N–H and O–H groups in total. The molecule has 0 fully saturated rings. The van der Waals surface area contributed by atoms with Crippen LogP contribution in [-0.2, 0) is 11.3 Å². The lowest BCUT2D eigenvalue weighted by Crippen LogP contribution is -2.34. The van der Waals surface area contributed by atoms with Gasteiger partial charge in [0.05, 0.1) is 19.2 Å². The van der Waals surface area contributed by atoms with Gasteiger partial charge in [-0.3, -0.25) is 9.48 Å². The van der Waals surface area contributed by atoms with Crippen LogP contribution >= 0.6 is 0 Å². The van der Waals surface area contributed by atoms with Gasteiger partial charge in [0.15, 0.2) is 11.5 Å². The molecule has 0 radical (unpaired) electrons. The summed E-state index contributed by atoms with van der Waals surface area (Å²) in [6, 6.07) is 3.79. The van der Waals surface area contributed by atoms with Crippen molar-refractivity contribution in [2.45, 2.75) is 32.0 Å². The van der Waals surface area contributed by atoms with Gasteiger partial charge in [-0.25, -0.2) is 0 Å². The molecule has 118 valence electrons. The van der Waals surface area contributed by atoms with Crippen molar-refractivity contribution in [2.24, 2.45) is 5.73 Å². The summed E-state index contributed by atoms with van der Waals surface area (Å²) in [6.45, 7) is 2.87. The Kier molecular flexibility index (Phi) is 3.89. The summed E-state index contributed by atoms with van der Waals surface area (Å²) in [5.41, 5.74) is 6.73. The Labute approximate surface area is 128 Å². The lowest BCUT2D eigenvalue weighted by Gasteiger charge is -2.27. The van der Waals surface area contributed by atoms with Gasteiger partial charge >= 0.3 is 0 Å². The molecule has 1 aromatic carbocycles. The number of aromatic nitrogens is 2. The zero-order valence-electron chi connectivity index (χ0n) is 12.7. The second-order valence-electron chi connectivity index (χ2n) is 5.56. The predicted octanol–water partition coefficient (Wildman–Crippen LogP) is 0.659. The molecular formula is C15H20N4O3. The number of amides is 1. The van der Waals surface area contributed by atoms with Gasteiger partial charge in [0, 0.05) is 18.5 Å². The lowest BCUT2D eigenvalue weighted by atomic mass is 10.2. The Morgan fingerprint density at radius 1 is 1.59 bits per heavy atom. The van der Waals surface area contributed by atoms with Crippen molar-refractivity contribution in [3.8, 4) is 11.5 Å². The van der Waals surface area contributed by atoms with E-state index in [1.54, 1.807) is 13.2 Å². The smallest absolute Gasteiger partial charge is 0.223 e. The van der Waals surface area contributed by atoms with Crippen molar-refractivity contribution in [3.63, 3.8) is 0 Å². The van der Waals surface area contributed by atoms with Gasteiger partial charge in [-0.05, 0) is 19.1 Å². The van der Waals surface area contributed by atoms with Gasteiger partial charge in [-0.1, -0.05) is 0 Å². The molecule has 7 nitrogen and oxygen atoms in total. The van der Waals surface area contributed by atoms with Crippen molar-refractivity contribution in [1.82, 2.24) is 15.1 Å². The Balaban J connectivity index is 1.96. The molecule has 1 unspecified atom stereocenters. The lowest BCUT2D eigenvalue weighted by molar-refractivity contribution is -0.122. The molecular weight excluding hydrogens is 284 g/mol. The molecule has 0 spiro atoms. The van der Waals surface area contributed by atoms with E-state index in [2.05, 4.69) is 10.4 Å². The molecule has 22 heavy (non-hydrogen) atoms. The van der Waals surface area contributed by atoms with Gasteiger partial charge in [0.25, 0.3) is 0 Å². The number of rotatable bonds is 4. The van der Waals surface area contributed by atoms with E-state index >= 15 is 0 Å². The number of ether oxygens (including phenoxy) is 2. The topological polar surface area (TPSA) is 91.4 Å². The van der Waals surface area contributed by atoms with Crippen molar-refractivity contribution in [2.75, 3.05) is 13.7 Å². The first-order valence-electron chi connectivity index (χ1n) is 7.32. The SMILES string of the molecule is CNC(=O)CC1COc2ccc3cnn(C[C@H](C)N)c3c2O1. The first kappa shape index (κ1) is 14.6. The minimum absolute atomic E-state index is 0.0230. The van der Waals surface area contributed by atoms with E-state index in [0.717, 1.165) is 10.9 Å². The largest absolute Gasteiger partial charge is 0.486 e. The summed E-state index contributed by atoms with van der Waals surface area (Å²) in [5.74, 6) is 1.23. The highest BCUT2D eigenvalue weighted by molar-refractivity contribution is 5.87. The Morgan fingerprint density at radius 3 is 3.14 bits per heavy atom. The standard InChI is InChI=1S/C15H20N4O3/c1-9(16)7-19-14-10(6-18-19)3-4-12-15(14)22-11(8-21-12)5-13(20)17-2/h3-4,6,9,11H,5,7-8,16H2,1-2H3,(H,17,20)/t9-,11?/m0/s1. The molecule has 0 saturated carbocycles. The molecule has 1 aliphatic rings. The van der Waals surface area contributed by atoms with Crippen LogP contribution in [0.2, 0.25) is 0 Å². The van der Waals surface area contributed by atoms with Crippen LogP contribution in [-0.4, -0.2) is 41.5 Å². The van der Waals surface area contributed by atoms with E-state index in [-0.39, 0.29) is 24.5 Å². The van der Waals surface area contributed by atoms with Gasteiger partial charge in [-0.15, -0.1) is 0 Å². The van der Waals surface area contributed by atoms with Crippen LogP contribution < -0.4 is 20.5 Å². The summed E-state index contributed by atoms with van der Waals surface area (Å²) < 4.78 is 13.6. The second kappa shape index (κ2) is 5.84. The minimum atomic E-state index is -0.309. The zero-order chi connectivity index (χ0) is 15.7. The zero-order valence-corrected chi connectivity index (χ0v) is 12.7. The highest BCUT2D eigenvalue weighted by Crippen LogP contribution is 2.39. The van der Waals surface area contributed by atoms with Crippen LogP contribution in [0.1, 0.15) is 13.3 Å². The normalized spacial score (nSPS) is 18.2. The fraction of sp³-hybridized carbons (Fsp3) is 0.467. The number of hydrogen-bond donors (Lipinski definition) is 2. The number of benzene rings is 1. The van der Waals surface area contributed by atoms with E-state index in [4.69, 9.17) is 15.2 Å². The maximum Gasteiger partial charge on any atom is 0.223 e. The molecule has 1 amide bonds. The molecule has 1 aliphatic heterocycles. The van der Waals surface area contributed by atoms with Crippen LogP contribution in [0.3, 0.4) is 0 Å². The molecule has 2 aromatic rings. The number of carbonyl (C=O) groups excluding carboxylic acids is 1. The van der Waals surface area contributed by atoms with Crippen LogP contribution in [0.4, 0.5) is 0 Å². The predicted molar refractivity (Wildman–Crippen MR) is 82.0 cm³/mol. The molecule has 7 heteroatoms. The minimum Gasteiger partial charge on any atom is -0.486 e. The third-order valence-corrected chi connectivity index (χ3v) is 3.58. The van der Waals surface area contributed by atoms with E-state index in [1.807, 2.05) is 23.7 Å². The fourth-order valence-electron chi connectivity index (χ4n) is 2.56. The molecule has 1 aromatic heterocycles. The van der Waals surface area contributed by atoms with Crippen LogP contribution in [0.5, 0.6) is 11.5 Å². The molecule has 3 rings (SSSR count). The number of nitrogens with zero attached hydrogens (tertiary/aromatic N) is 2. The monoisotopic (exact) mass is 304 g/mol. The first-order valence-corrected chi connectivity index (χ1v) is 7.32. The highest BCUT2D eigenvalue weighted by Gasteiger charge is 2.26.